The zero-order chi connectivity index (χ0) is 17.0. The van der Waals surface area contributed by atoms with Crippen molar-refractivity contribution in [3.63, 3.8) is 0 Å². The minimum Gasteiger partial charge on any atom is -0.251 e. The Kier molecular flexibility index (Phi) is 5.34. The van der Waals surface area contributed by atoms with Crippen molar-refractivity contribution < 1.29 is 13.2 Å². The molecule has 0 saturated heterocycles. The van der Waals surface area contributed by atoms with Crippen molar-refractivity contribution >= 4 is 0 Å². The van der Waals surface area contributed by atoms with Crippen LogP contribution in [0.3, 0.4) is 0 Å². The number of alkyl halides is 3. The van der Waals surface area contributed by atoms with Crippen LogP contribution in [0.4, 0.5) is 13.2 Å². The molecule has 0 amide bonds. The zero-order valence-corrected chi connectivity index (χ0v) is 13.4. The van der Waals surface area contributed by atoms with E-state index >= 15 is 0 Å². The minimum atomic E-state index is -4.39. The molecular weight excluding hydrogens is 303 g/mol. The maximum atomic E-state index is 12.5. The van der Waals surface area contributed by atoms with Crippen molar-refractivity contribution in [2.75, 3.05) is 0 Å². The Morgan fingerprint density at radius 3 is 2.04 bits per heavy atom. The first-order valence-corrected chi connectivity index (χ1v) is 7.59. The molecule has 0 fully saturated rings. The van der Waals surface area contributed by atoms with Gasteiger partial charge in [-0.15, -0.1) is 0 Å². The molecule has 3 nitrogen and oxygen atoms in total. The number of halogens is 3. The molecule has 2 atom stereocenters. The Balaban J connectivity index is 1.94. The van der Waals surface area contributed by atoms with Crippen LogP contribution in [0.2, 0.25) is 0 Å². The second kappa shape index (κ2) is 7.06. The molecule has 0 radical (unpaired) electrons. The van der Waals surface area contributed by atoms with E-state index < -0.39 is 11.9 Å². The van der Waals surface area contributed by atoms with Crippen molar-refractivity contribution in [2.45, 2.75) is 51.6 Å². The number of pyridine rings is 1. The third-order valence-electron chi connectivity index (χ3n) is 3.92. The first-order valence-electron chi connectivity index (χ1n) is 7.59. The maximum Gasteiger partial charge on any atom is 0.433 e. The van der Waals surface area contributed by atoms with Crippen molar-refractivity contribution in [2.24, 2.45) is 0 Å². The summed E-state index contributed by atoms with van der Waals surface area (Å²) in [7, 11) is 0. The van der Waals surface area contributed by atoms with Crippen LogP contribution in [-0.2, 0) is 6.18 Å². The van der Waals surface area contributed by atoms with Crippen LogP contribution in [0.15, 0.2) is 30.7 Å². The predicted octanol–water partition coefficient (Wildman–Crippen LogP) is 4.89. The average molecular weight is 323 g/mol. The fourth-order valence-electron chi connectivity index (χ4n) is 2.32. The summed E-state index contributed by atoms with van der Waals surface area (Å²) in [4.78, 5) is 12.2. The fraction of sp³-hybridized carbons (Fsp3) is 0.471. The predicted molar refractivity (Wildman–Crippen MR) is 82.1 cm³/mol. The lowest BCUT2D eigenvalue weighted by Crippen LogP contribution is -2.08. The lowest BCUT2D eigenvalue weighted by atomic mass is 9.93. The van der Waals surface area contributed by atoms with Crippen LogP contribution in [0.5, 0.6) is 0 Å². The van der Waals surface area contributed by atoms with Crippen molar-refractivity contribution in [3.05, 3.63) is 53.4 Å². The van der Waals surface area contributed by atoms with Crippen LogP contribution >= 0.6 is 0 Å². The van der Waals surface area contributed by atoms with Gasteiger partial charge in [-0.1, -0.05) is 19.9 Å². The molecule has 0 aliphatic heterocycles. The van der Waals surface area contributed by atoms with E-state index in [0.29, 0.717) is 0 Å². The smallest absolute Gasteiger partial charge is 0.251 e. The standard InChI is InChI=1S/C17H20F3N3/c1-11-8-22-16(23-9-11)13(3)5-4-12(2)14-6-7-15(21-10-14)17(18,19)20/h6-10,12-13H,4-5H2,1-3H3. The summed E-state index contributed by atoms with van der Waals surface area (Å²) in [5.41, 5.74) is 0.982. The summed E-state index contributed by atoms with van der Waals surface area (Å²) in [6.45, 7) is 5.99. The maximum absolute atomic E-state index is 12.5. The Hall–Kier alpha value is -1.98. The summed E-state index contributed by atoms with van der Waals surface area (Å²) < 4.78 is 37.5. The van der Waals surface area contributed by atoms with E-state index in [1.807, 2.05) is 13.8 Å². The molecule has 124 valence electrons. The van der Waals surface area contributed by atoms with Gasteiger partial charge >= 0.3 is 6.18 Å². The highest BCUT2D eigenvalue weighted by Crippen LogP contribution is 2.30. The van der Waals surface area contributed by atoms with Crippen molar-refractivity contribution in [3.8, 4) is 0 Å². The van der Waals surface area contributed by atoms with Gasteiger partial charge in [-0.05, 0) is 42.9 Å². The highest BCUT2D eigenvalue weighted by molar-refractivity contribution is 5.19. The van der Waals surface area contributed by atoms with E-state index in [0.717, 1.165) is 35.9 Å². The lowest BCUT2D eigenvalue weighted by Gasteiger charge is -2.15. The third kappa shape index (κ3) is 4.74. The number of hydrogen-bond donors (Lipinski definition) is 0. The molecule has 6 heteroatoms. The quantitative estimate of drug-likeness (QED) is 0.786. The molecule has 0 bridgehead atoms. The first-order chi connectivity index (χ1) is 10.8. The van der Waals surface area contributed by atoms with E-state index in [4.69, 9.17) is 0 Å². The van der Waals surface area contributed by atoms with Gasteiger partial charge in [0, 0.05) is 24.5 Å². The van der Waals surface area contributed by atoms with Crippen LogP contribution < -0.4 is 0 Å². The van der Waals surface area contributed by atoms with Crippen LogP contribution in [-0.4, -0.2) is 15.0 Å². The van der Waals surface area contributed by atoms with E-state index in [2.05, 4.69) is 21.9 Å². The molecule has 2 aromatic heterocycles. The molecule has 23 heavy (non-hydrogen) atoms. The largest absolute Gasteiger partial charge is 0.433 e. The molecule has 0 saturated carbocycles. The molecule has 0 aliphatic rings. The van der Waals surface area contributed by atoms with Crippen LogP contribution in [0.25, 0.3) is 0 Å². The second-order valence-electron chi connectivity index (χ2n) is 5.97. The monoisotopic (exact) mass is 323 g/mol. The second-order valence-corrected chi connectivity index (χ2v) is 5.97. The van der Waals surface area contributed by atoms with Gasteiger partial charge in [0.1, 0.15) is 11.5 Å². The van der Waals surface area contributed by atoms with E-state index in [1.54, 1.807) is 12.4 Å². The molecule has 2 heterocycles. The zero-order valence-electron chi connectivity index (χ0n) is 13.4. The Labute approximate surface area is 134 Å². The minimum absolute atomic E-state index is 0.137. The molecule has 0 aliphatic carbocycles. The Morgan fingerprint density at radius 1 is 0.913 bits per heavy atom. The van der Waals surface area contributed by atoms with Crippen molar-refractivity contribution in [1.82, 2.24) is 15.0 Å². The van der Waals surface area contributed by atoms with Gasteiger partial charge in [0.25, 0.3) is 0 Å². The number of aryl methyl sites for hydroxylation is 1. The van der Waals surface area contributed by atoms with Gasteiger partial charge in [-0.3, -0.25) is 4.98 Å². The van der Waals surface area contributed by atoms with Crippen molar-refractivity contribution in [1.29, 1.82) is 0 Å². The fourth-order valence-corrected chi connectivity index (χ4v) is 2.32. The summed E-state index contributed by atoms with van der Waals surface area (Å²) in [5.74, 6) is 1.14. The number of rotatable bonds is 5. The Bertz CT molecular complexity index is 621. The van der Waals surface area contributed by atoms with E-state index in [9.17, 15) is 13.2 Å². The number of hydrogen-bond acceptors (Lipinski definition) is 3. The third-order valence-corrected chi connectivity index (χ3v) is 3.92. The summed E-state index contributed by atoms with van der Waals surface area (Å²) in [5, 5.41) is 0. The van der Waals surface area contributed by atoms with Crippen LogP contribution in [0, 0.1) is 6.92 Å². The number of aromatic nitrogens is 3. The summed E-state index contributed by atoms with van der Waals surface area (Å²) >= 11 is 0. The SMILES string of the molecule is Cc1cnc(C(C)CCC(C)c2ccc(C(F)(F)F)nc2)nc1. The topological polar surface area (TPSA) is 38.7 Å². The highest BCUT2D eigenvalue weighted by atomic mass is 19.4. The lowest BCUT2D eigenvalue weighted by molar-refractivity contribution is -0.141. The molecule has 0 aromatic carbocycles. The Morgan fingerprint density at radius 2 is 1.52 bits per heavy atom. The van der Waals surface area contributed by atoms with Gasteiger partial charge in [0.2, 0.25) is 0 Å². The first kappa shape index (κ1) is 17.4. The number of nitrogens with zero attached hydrogens (tertiary/aromatic N) is 3. The van der Waals surface area contributed by atoms with E-state index in [1.165, 1.54) is 12.3 Å². The summed E-state index contributed by atoms with van der Waals surface area (Å²) in [6, 6.07) is 2.55. The molecule has 2 rings (SSSR count). The highest BCUT2D eigenvalue weighted by Gasteiger charge is 2.32. The normalized spacial score (nSPS) is 14.5. The molecule has 0 N–H and O–H groups in total. The van der Waals surface area contributed by atoms with Gasteiger partial charge in [-0.2, -0.15) is 13.2 Å². The average Bonchev–Trinajstić information content (AvgIpc) is 2.52. The van der Waals surface area contributed by atoms with Gasteiger partial charge in [0.05, 0.1) is 0 Å². The van der Waals surface area contributed by atoms with Crippen LogP contribution in [0.1, 0.15) is 61.2 Å². The molecule has 0 spiro atoms. The molecule has 2 aromatic rings. The molecule has 2 unspecified atom stereocenters. The summed E-state index contributed by atoms with van der Waals surface area (Å²) in [6.07, 6.45) is 2.22. The van der Waals surface area contributed by atoms with E-state index in [-0.39, 0.29) is 11.8 Å². The van der Waals surface area contributed by atoms with Gasteiger partial charge in [-0.25, -0.2) is 9.97 Å². The van der Waals surface area contributed by atoms with Gasteiger partial charge in [0.15, 0.2) is 0 Å². The van der Waals surface area contributed by atoms with Gasteiger partial charge < -0.3 is 0 Å². The molecular formula is C17H20F3N3.